The average molecular weight is 393 g/mol. The summed E-state index contributed by atoms with van der Waals surface area (Å²) in [6, 6.07) is 14.6. The van der Waals surface area contributed by atoms with Gasteiger partial charge in [-0.1, -0.05) is 51.1 Å². The van der Waals surface area contributed by atoms with E-state index < -0.39 is 0 Å². The highest BCUT2D eigenvalue weighted by molar-refractivity contribution is 5.88. The van der Waals surface area contributed by atoms with Crippen LogP contribution in [0.5, 0.6) is 5.75 Å². The first kappa shape index (κ1) is 21.0. The van der Waals surface area contributed by atoms with Gasteiger partial charge in [-0.3, -0.25) is 4.79 Å². The molecule has 0 bridgehead atoms. The van der Waals surface area contributed by atoms with Crippen molar-refractivity contribution in [1.29, 1.82) is 0 Å². The Morgan fingerprint density at radius 1 is 1.14 bits per heavy atom. The maximum atomic E-state index is 12.9. The molecule has 0 aliphatic heterocycles. The number of H-pyrrole nitrogens is 1. The van der Waals surface area contributed by atoms with Crippen molar-refractivity contribution in [1.82, 2.24) is 10.3 Å². The molecule has 0 saturated heterocycles. The topological polar surface area (TPSA) is 54.1 Å². The number of aryl methyl sites for hydroxylation is 1. The van der Waals surface area contributed by atoms with Crippen molar-refractivity contribution < 1.29 is 9.53 Å². The van der Waals surface area contributed by atoms with Crippen LogP contribution in [-0.2, 0) is 11.2 Å². The zero-order valence-electron chi connectivity index (χ0n) is 18.1. The van der Waals surface area contributed by atoms with Crippen LogP contribution in [0.1, 0.15) is 56.7 Å². The Morgan fingerprint density at radius 2 is 1.90 bits per heavy atom. The minimum Gasteiger partial charge on any atom is -0.497 e. The molecule has 2 N–H and O–H groups in total. The number of fused-ring (bicyclic) bond motifs is 1. The van der Waals surface area contributed by atoms with Gasteiger partial charge < -0.3 is 15.0 Å². The van der Waals surface area contributed by atoms with Gasteiger partial charge >= 0.3 is 0 Å². The first-order chi connectivity index (χ1) is 13.9. The van der Waals surface area contributed by atoms with Gasteiger partial charge in [0.05, 0.1) is 7.11 Å². The fourth-order valence-electron chi connectivity index (χ4n) is 3.75. The van der Waals surface area contributed by atoms with E-state index in [1.807, 2.05) is 18.2 Å². The number of amides is 1. The molecule has 1 heterocycles. The number of ether oxygens (including phenoxy) is 1. The fourth-order valence-corrected chi connectivity index (χ4v) is 3.75. The van der Waals surface area contributed by atoms with Crippen LogP contribution < -0.4 is 10.1 Å². The van der Waals surface area contributed by atoms with Crippen molar-refractivity contribution in [3.63, 3.8) is 0 Å². The fraction of sp³-hybridized carbons (Fsp3) is 0.400. The molecule has 0 unspecified atom stereocenters. The highest BCUT2D eigenvalue weighted by Crippen LogP contribution is 2.35. The molecule has 2 atom stereocenters. The average Bonchev–Trinajstić information content (AvgIpc) is 3.15. The molecule has 0 aliphatic rings. The number of hydrogen-bond acceptors (Lipinski definition) is 2. The molecule has 2 aromatic carbocycles. The molecular formula is C25H32N2O2. The van der Waals surface area contributed by atoms with E-state index in [0.717, 1.165) is 28.8 Å². The van der Waals surface area contributed by atoms with E-state index in [4.69, 9.17) is 4.74 Å². The summed E-state index contributed by atoms with van der Waals surface area (Å²) in [7, 11) is 1.67. The molecule has 29 heavy (non-hydrogen) atoms. The molecule has 154 valence electrons. The van der Waals surface area contributed by atoms with Gasteiger partial charge in [0.1, 0.15) is 5.75 Å². The number of hydrogen-bond donors (Lipinski definition) is 2. The van der Waals surface area contributed by atoms with E-state index in [1.165, 1.54) is 10.9 Å². The molecule has 4 nitrogen and oxygen atoms in total. The van der Waals surface area contributed by atoms with Gasteiger partial charge in [0, 0.05) is 35.5 Å². The standard InChI is InChI=1S/C25H32N2O2/c1-6-18-9-8-12-21-23(15-26-25(18)21)22(14-24(28)27-17(4)16(2)3)19-10-7-11-20(13-19)29-5/h7-13,15-17,22,26H,6,14H2,1-5H3,(H,27,28)/t17-,22+/m0/s1. The monoisotopic (exact) mass is 392 g/mol. The van der Waals surface area contributed by atoms with Gasteiger partial charge in [-0.05, 0) is 48.1 Å². The molecule has 3 aromatic rings. The van der Waals surface area contributed by atoms with Crippen LogP contribution in [0.3, 0.4) is 0 Å². The molecule has 0 aliphatic carbocycles. The summed E-state index contributed by atoms with van der Waals surface area (Å²) in [6.07, 6.45) is 3.42. The SMILES string of the molecule is CCc1cccc2c([C@H](CC(=O)N[C@@H](C)C(C)C)c3cccc(OC)c3)c[nH]c12. The Labute approximate surface area is 173 Å². The van der Waals surface area contributed by atoms with Crippen LogP contribution in [-0.4, -0.2) is 24.0 Å². The number of para-hydroxylation sites is 1. The maximum Gasteiger partial charge on any atom is 0.221 e. The van der Waals surface area contributed by atoms with Crippen LogP contribution >= 0.6 is 0 Å². The third-order valence-electron chi connectivity index (χ3n) is 5.86. The zero-order chi connectivity index (χ0) is 21.0. The van der Waals surface area contributed by atoms with Gasteiger partial charge in [0.25, 0.3) is 0 Å². The van der Waals surface area contributed by atoms with Crippen molar-refractivity contribution in [2.24, 2.45) is 5.92 Å². The lowest BCUT2D eigenvalue weighted by atomic mass is 9.87. The Hall–Kier alpha value is -2.75. The third-order valence-corrected chi connectivity index (χ3v) is 5.86. The van der Waals surface area contributed by atoms with E-state index in [1.54, 1.807) is 7.11 Å². The molecular weight excluding hydrogens is 360 g/mol. The summed E-state index contributed by atoms with van der Waals surface area (Å²) in [5.41, 5.74) is 4.68. The van der Waals surface area contributed by atoms with Gasteiger partial charge in [-0.25, -0.2) is 0 Å². The number of carbonyl (C=O) groups excluding carboxylic acids is 1. The first-order valence-electron chi connectivity index (χ1n) is 10.5. The number of aromatic amines is 1. The van der Waals surface area contributed by atoms with Gasteiger partial charge in [0.15, 0.2) is 0 Å². The van der Waals surface area contributed by atoms with E-state index >= 15 is 0 Å². The minimum absolute atomic E-state index is 0.0506. The first-order valence-corrected chi connectivity index (χ1v) is 10.5. The van der Waals surface area contributed by atoms with Gasteiger partial charge in [-0.2, -0.15) is 0 Å². The molecule has 0 spiro atoms. The van der Waals surface area contributed by atoms with Crippen LogP contribution in [0, 0.1) is 5.92 Å². The van der Waals surface area contributed by atoms with Crippen LogP contribution in [0.2, 0.25) is 0 Å². The number of carbonyl (C=O) groups is 1. The molecule has 3 rings (SSSR count). The second kappa shape index (κ2) is 9.17. The lowest BCUT2D eigenvalue weighted by Crippen LogP contribution is -2.36. The van der Waals surface area contributed by atoms with Gasteiger partial charge in [0.2, 0.25) is 5.91 Å². The number of methoxy groups -OCH3 is 1. The van der Waals surface area contributed by atoms with Crippen LogP contribution in [0.15, 0.2) is 48.7 Å². The molecule has 0 saturated carbocycles. The van der Waals surface area contributed by atoms with E-state index in [-0.39, 0.29) is 17.9 Å². The quantitative estimate of drug-likeness (QED) is 0.538. The Balaban J connectivity index is 2.02. The number of aromatic nitrogens is 1. The van der Waals surface area contributed by atoms with Crippen LogP contribution in [0.25, 0.3) is 10.9 Å². The summed E-state index contributed by atoms with van der Waals surface area (Å²) in [6.45, 7) is 8.46. The second-order valence-corrected chi connectivity index (χ2v) is 8.07. The third kappa shape index (κ3) is 4.64. The molecule has 1 aromatic heterocycles. The van der Waals surface area contributed by atoms with Crippen molar-refractivity contribution in [2.75, 3.05) is 7.11 Å². The van der Waals surface area contributed by atoms with Crippen molar-refractivity contribution in [3.8, 4) is 5.75 Å². The lowest BCUT2D eigenvalue weighted by Gasteiger charge is -2.21. The number of rotatable bonds is 8. The highest BCUT2D eigenvalue weighted by Gasteiger charge is 2.23. The summed E-state index contributed by atoms with van der Waals surface area (Å²) in [5, 5.41) is 4.34. The predicted molar refractivity (Wildman–Crippen MR) is 120 cm³/mol. The summed E-state index contributed by atoms with van der Waals surface area (Å²) in [4.78, 5) is 16.4. The molecule has 0 fully saturated rings. The smallest absolute Gasteiger partial charge is 0.221 e. The number of nitrogens with one attached hydrogen (secondary N) is 2. The molecule has 1 amide bonds. The second-order valence-electron chi connectivity index (χ2n) is 8.07. The largest absolute Gasteiger partial charge is 0.497 e. The molecule has 0 radical (unpaired) electrons. The van der Waals surface area contributed by atoms with Crippen LogP contribution in [0.4, 0.5) is 0 Å². The van der Waals surface area contributed by atoms with Gasteiger partial charge in [-0.15, -0.1) is 0 Å². The summed E-state index contributed by atoms with van der Waals surface area (Å²) < 4.78 is 5.44. The van der Waals surface area contributed by atoms with Crippen molar-refractivity contribution in [3.05, 3.63) is 65.4 Å². The highest BCUT2D eigenvalue weighted by atomic mass is 16.5. The molecule has 4 heteroatoms. The van der Waals surface area contributed by atoms with E-state index in [9.17, 15) is 4.79 Å². The lowest BCUT2D eigenvalue weighted by molar-refractivity contribution is -0.122. The zero-order valence-corrected chi connectivity index (χ0v) is 18.1. The normalized spacial score (nSPS) is 13.4. The minimum atomic E-state index is -0.0506. The summed E-state index contributed by atoms with van der Waals surface area (Å²) in [5.74, 6) is 1.22. The Kier molecular flexibility index (Phi) is 6.63. The maximum absolute atomic E-state index is 12.9. The number of benzene rings is 2. The van der Waals surface area contributed by atoms with E-state index in [0.29, 0.717) is 12.3 Å². The predicted octanol–water partition coefficient (Wildman–Crippen LogP) is 5.42. The Morgan fingerprint density at radius 3 is 2.59 bits per heavy atom. The van der Waals surface area contributed by atoms with E-state index in [2.05, 4.69) is 68.5 Å². The van der Waals surface area contributed by atoms with Crippen molar-refractivity contribution >= 4 is 16.8 Å². The van der Waals surface area contributed by atoms with Crippen molar-refractivity contribution in [2.45, 2.75) is 52.5 Å². The Bertz CT molecular complexity index is 974. The summed E-state index contributed by atoms with van der Waals surface area (Å²) >= 11 is 0.